The molecule has 0 aromatic heterocycles. The van der Waals surface area contributed by atoms with Crippen molar-refractivity contribution in [1.29, 1.82) is 0 Å². The van der Waals surface area contributed by atoms with Gasteiger partial charge in [-0.15, -0.1) is 19.0 Å². The van der Waals surface area contributed by atoms with Crippen LogP contribution in [0.1, 0.15) is 19.8 Å². The summed E-state index contributed by atoms with van der Waals surface area (Å²) >= 11 is 0. The van der Waals surface area contributed by atoms with Gasteiger partial charge in [-0.1, -0.05) is 6.08 Å². The molecule has 0 aromatic carbocycles. The Morgan fingerprint density at radius 3 is 2.61 bits per heavy atom. The summed E-state index contributed by atoms with van der Waals surface area (Å²) in [5.74, 6) is 0.872. The third kappa shape index (κ3) is 5.38. The predicted octanol–water partition coefficient (Wildman–Crippen LogP) is 1.03. The minimum absolute atomic E-state index is 0. The number of halogens is 1. The Bertz CT molecular complexity index is 253. The van der Waals surface area contributed by atoms with Crippen molar-refractivity contribution in [2.75, 3.05) is 33.2 Å². The molecule has 0 aromatic rings. The number of rotatable bonds is 6. The zero-order valence-electron chi connectivity index (χ0n) is 11.4. The Morgan fingerprint density at radius 2 is 2.11 bits per heavy atom. The number of hydrogen-bond acceptors (Lipinski definition) is 3. The predicted molar refractivity (Wildman–Crippen MR) is 78.1 cm³/mol. The molecule has 1 aliphatic heterocycles. The summed E-state index contributed by atoms with van der Waals surface area (Å²) in [5, 5.41) is 6.08. The minimum Gasteiger partial charge on any atom is -0.351 e. The maximum absolute atomic E-state index is 11.8. The summed E-state index contributed by atoms with van der Waals surface area (Å²) in [4.78, 5) is 14.1. The van der Waals surface area contributed by atoms with Crippen LogP contribution in [0.4, 0.5) is 0 Å². The van der Waals surface area contributed by atoms with E-state index in [0.29, 0.717) is 6.54 Å². The van der Waals surface area contributed by atoms with E-state index >= 15 is 0 Å². The van der Waals surface area contributed by atoms with E-state index in [9.17, 15) is 4.79 Å². The first-order valence-corrected chi connectivity index (χ1v) is 6.46. The summed E-state index contributed by atoms with van der Waals surface area (Å²) in [7, 11) is 2.00. The van der Waals surface area contributed by atoms with Gasteiger partial charge in [-0.25, -0.2) is 0 Å². The summed E-state index contributed by atoms with van der Waals surface area (Å²) < 4.78 is 0. The van der Waals surface area contributed by atoms with Gasteiger partial charge in [0.2, 0.25) is 5.91 Å². The molecule has 1 heterocycles. The van der Waals surface area contributed by atoms with Crippen LogP contribution in [0.3, 0.4) is 0 Å². The van der Waals surface area contributed by atoms with Gasteiger partial charge in [0, 0.05) is 6.54 Å². The molecule has 0 spiro atoms. The third-order valence-electron chi connectivity index (χ3n) is 3.49. The number of carbonyl (C=O) groups excluding carboxylic acids is 1. The second-order valence-electron chi connectivity index (χ2n) is 4.75. The van der Waals surface area contributed by atoms with Crippen LogP contribution < -0.4 is 10.6 Å². The molecule has 1 aliphatic rings. The van der Waals surface area contributed by atoms with Crippen molar-refractivity contribution in [3.05, 3.63) is 12.7 Å². The van der Waals surface area contributed by atoms with E-state index in [-0.39, 0.29) is 24.4 Å². The van der Waals surface area contributed by atoms with E-state index in [1.807, 2.05) is 14.0 Å². The highest BCUT2D eigenvalue weighted by atomic mass is 35.5. The molecule has 0 radical (unpaired) electrons. The van der Waals surface area contributed by atoms with Gasteiger partial charge >= 0.3 is 0 Å². The van der Waals surface area contributed by atoms with Crippen molar-refractivity contribution in [3.8, 4) is 0 Å². The Kier molecular flexibility index (Phi) is 9.06. The molecule has 106 valence electrons. The number of nitrogens with zero attached hydrogens (tertiary/aromatic N) is 1. The number of likely N-dealkylation sites (tertiary alicyclic amines) is 1. The first-order chi connectivity index (χ1) is 8.19. The Balaban J connectivity index is 0.00000289. The van der Waals surface area contributed by atoms with Gasteiger partial charge in [0.25, 0.3) is 0 Å². The van der Waals surface area contributed by atoms with Crippen LogP contribution in [0.5, 0.6) is 0 Å². The van der Waals surface area contributed by atoms with Crippen LogP contribution in [-0.2, 0) is 4.79 Å². The lowest BCUT2D eigenvalue weighted by Gasteiger charge is -2.35. The van der Waals surface area contributed by atoms with Gasteiger partial charge in [0.05, 0.1) is 6.04 Å². The maximum Gasteiger partial charge on any atom is 0.237 e. The molecule has 1 atom stereocenters. The van der Waals surface area contributed by atoms with Crippen molar-refractivity contribution in [1.82, 2.24) is 15.5 Å². The summed E-state index contributed by atoms with van der Waals surface area (Å²) in [6, 6.07) is -0.0227. The highest BCUT2D eigenvalue weighted by Crippen LogP contribution is 2.18. The highest BCUT2D eigenvalue weighted by molar-refractivity contribution is 5.85. The number of carbonyl (C=O) groups is 1. The average Bonchev–Trinajstić information content (AvgIpc) is 2.36. The van der Waals surface area contributed by atoms with E-state index < -0.39 is 0 Å². The summed E-state index contributed by atoms with van der Waals surface area (Å²) in [6.07, 6.45) is 4.07. The van der Waals surface area contributed by atoms with Gasteiger partial charge in [0.15, 0.2) is 0 Å². The fraction of sp³-hybridized carbons (Fsp3) is 0.769. The van der Waals surface area contributed by atoms with E-state index in [2.05, 4.69) is 22.1 Å². The zero-order valence-corrected chi connectivity index (χ0v) is 12.3. The van der Waals surface area contributed by atoms with Crippen LogP contribution in [0.15, 0.2) is 12.7 Å². The molecule has 1 fully saturated rings. The van der Waals surface area contributed by atoms with E-state index in [1.165, 1.54) is 12.8 Å². The van der Waals surface area contributed by atoms with Gasteiger partial charge in [0.1, 0.15) is 0 Å². The summed E-state index contributed by atoms with van der Waals surface area (Å²) in [5.41, 5.74) is 0. The van der Waals surface area contributed by atoms with Crippen molar-refractivity contribution in [3.63, 3.8) is 0 Å². The largest absolute Gasteiger partial charge is 0.351 e. The zero-order chi connectivity index (χ0) is 12.7. The molecule has 5 heteroatoms. The normalized spacial score (nSPS) is 18.8. The summed E-state index contributed by atoms with van der Waals surface area (Å²) in [6.45, 7) is 9.27. The van der Waals surface area contributed by atoms with E-state index in [4.69, 9.17) is 0 Å². The molecule has 1 rings (SSSR count). The van der Waals surface area contributed by atoms with E-state index in [1.54, 1.807) is 6.08 Å². The van der Waals surface area contributed by atoms with Crippen molar-refractivity contribution >= 4 is 18.3 Å². The second kappa shape index (κ2) is 9.36. The quantitative estimate of drug-likeness (QED) is 0.712. The molecule has 1 saturated heterocycles. The fourth-order valence-corrected chi connectivity index (χ4v) is 2.32. The van der Waals surface area contributed by atoms with Crippen LogP contribution >= 0.6 is 12.4 Å². The number of amides is 1. The molecule has 0 aliphatic carbocycles. The Morgan fingerprint density at radius 1 is 1.50 bits per heavy atom. The van der Waals surface area contributed by atoms with Gasteiger partial charge < -0.3 is 10.6 Å². The lowest BCUT2D eigenvalue weighted by atomic mass is 9.96. The number of hydrogen-bond donors (Lipinski definition) is 2. The SMILES string of the molecule is C=CCNC(=O)C(C)N1CCC(CNC)CC1.Cl. The second-order valence-corrected chi connectivity index (χ2v) is 4.75. The Labute approximate surface area is 117 Å². The first kappa shape index (κ1) is 17.4. The maximum atomic E-state index is 11.8. The molecule has 2 N–H and O–H groups in total. The molecular formula is C13H26ClN3O. The molecular weight excluding hydrogens is 250 g/mol. The fourth-order valence-electron chi connectivity index (χ4n) is 2.32. The first-order valence-electron chi connectivity index (χ1n) is 6.46. The van der Waals surface area contributed by atoms with Crippen LogP contribution in [0.2, 0.25) is 0 Å². The van der Waals surface area contributed by atoms with Crippen LogP contribution in [0, 0.1) is 5.92 Å². The molecule has 18 heavy (non-hydrogen) atoms. The molecule has 4 nitrogen and oxygen atoms in total. The monoisotopic (exact) mass is 275 g/mol. The highest BCUT2D eigenvalue weighted by Gasteiger charge is 2.25. The minimum atomic E-state index is -0.0227. The van der Waals surface area contributed by atoms with Crippen molar-refractivity contribution < 1.29 is 4.79 Å². The molecule has 0 saturated carbocycles. The molecule has 1 unspecified atom stereocenters. The van der Waals surface area contributed by atoms with E-state index in [0.717, 1.165) is 25.6 Å². The van der Waals surface area contributed by atoms with Gasteiger partial charge in [-0.2, -0.15) is 0 Å². The van der Waals surface area contributed by atoms with Gasteiger partial charge in [-0.3, -0.25) is 9.69 Å². The topological polar surface area (TPSA) is 44.4 Å². The van der Waals surface area contributed by atoms with Crippen LogP contribution in [-0.4, -0.2) is 50.1 Å². The molecule has 0 bridgehead atoms. The van der Waals surface area contributed by atoms with Crippen molar-refractivity contribution in [2.24, 2.45) is 5.92 Å². The van der Waals surface area contributed by atoms with Crippen LogP contribution in [0.25, 0.3) is 0 Å². The average molecular weight is 276 g/mol. The number of piperidine rings is 1. The van der Waals surface area contributed by atoms with Gasteiger partial charge in [-0.05, 0) is 52.4 Å². The third-order valence-corrected chi connectivity index (χ3v) is 3.49. The Hall–Kier alpha value is -0.580. The van der Waals surface area contributed by atoms with Crippen molar-refractivity contribution in [2.45, 2.75) is 25.8 Å². The number of nitrogens with one attached hydrogen (secondary N) is 2. The lowest BCUT2D eigenvalue weighted by molar-refractivity contribution is -0.126. The standard InChI is InChI=1S/C13H25N3O.ClH/c1-4-7-15-13(17)11(2)16-8-5-12(6-9-16)10-14-3;/h4,11-12,14H,1,5-10H2,2-3H3,(H,15,17);1H. The lowest BCUT2D eigenvalue weighted by Crippen LogP contribution is -2.48. The molecule has 1 amide bonds. The smallest absolute Gasteiger partial charge is 0.237 e.